The number of urea groups is 1. The van der Waals surface area contributed by atoms with Crippen LogP contribution in [-0.4, -0.2) is 19.5 Å². The number of hydrogen-bond donors (Lipinski definition) is 0. The third-order valence-corrected chi connectivity index (χ3v) is 11.9. The lowest BCUT2D eigenvalue weighted by atomic mass is 9.32. The standard InChI is InChI=1S/C45H32B2N2O2/c1-25-13-11-14-26(2)41(25)46-31-18-6-8-20-35(31)48-43-33(46)23-30-29-17-5-10-22-37(29)51-38-24-34-44(40(43)39(30)38)49(45(48)50)36-21-9-7-19-32(36)47(34)42-27(3)15-12-16-28(42)4/h5-24H,1-4H3. The Kier molecular flexibility index (Phi) is 5.67. The molecule has 0 atom stereocenters. The maximum absolute atomic E-state index is 15.5. The van der Waals surface area contributed by atoms with E-state index in [0.29, 0.717) is 0 Å². The van der Waals surface area contributed by atoms with Gasteiger partial charge < -0.3 is 4.74 Å². The highest BCUT2D eigenvalue weighted by Gasteiger charge is 2.50. The van der Waals surface area contributed by atoms with Crippen molar-refractivity contribution >= 4 is 85.8 Å². The quantitative estimate of drug-likeness (QED) is 0.190. The molecule has 11 rings (SSSR count). The molecule has 0 bridgehead atoms. The number of carbonyl (C=O) groups excluding carboxylic acids is 1. The normalized spacial score (nSPS) is 14.3. The number of benzene rings is 7. The van der Waals surface area contributed by atoms with Crippen LogP contribution in [0, 0.1) is 27.7 Å². The second kappa shape index (κ2) is 10.0. The molecule has 2 amide bonds. The highest BCUT2D eigenvalue weighted by atomic mass is 16.5. The molecule has 4 aliphatic rings. The number of fused-ring (bicyclic) bond motifs is 6. The SMILES string of the molecule is Cc1cccc(C)c1B1c2ccccc2N2C(=O)N3c4ccccc4B(c4c(C)cccc4C)c4cc5c6c(cc1c2c6c43)Oc1ccccc1-5. The number of rotatable bonds is 2. The van der Waals surface area contributed by atoms with Crippen LogP contribution in [0.3, 0.4) is 0 Å². The molecule has 0 saturated carbocycles. The van der Waals surface area contributed by atoms with Gasteiger partial charge in [0.25, 0.3) is 0 Å². The van der Waals surface area contributed by atoms with Crippen molar-refractivity contribution < 1.29 is 9.53 Å². The fourth-order valence-electron chi connectivity index (χ4n) is 9.85. The van der Waals surface area contributed by atoms with Crippen LogP contribution in [0.4, 0.5) is 27.5 Å². The van der Waals surface area contributed by atoms with Gasteiger partial charge in [-0.05, 0) is 79.4 Å². The number of ether oxygens (including phenoxy) is 1. The smallest absolute Gasteiger partial charge is 0.338 e. The molecular formula is C45H32B2N2O2. The average Bonchev–Trinajstić information content (AvgIpc) is 3.13. The maximum Gasteiger partial charge on any atom is 0.338 e. The molecule has 0 fully saturated rings. The van der Waals surface area contributed by atoms with Crippen molar-refractivity contribution in [3.63, 3.8) is 0 Å². The van der Waals surface area contributed by atoms with E-state index in [9.17, 15) is 0 Å². The van der Waals surface area contributed by atoms with Crippen LogP contribution in [0.15, 0.2) is 121 Å². The lowest BCUT2D eigenvalue weighted by Gasteiger charge is -2.47. The van der Waals surface area contributed by atoms with E-state index >= 15 is 4.79 Å². The van der Waals surface area contributed by atoms with Crippen molar-refractivity contribution in [1.82, 2.24) is 0 Å². The maximum atomic E-state index is 15.5. The zero-order valence-electron chi connectivity index (χ0n) is 28.9. The van der Waals surface area contributed by atoms with Crippen molar-refractivity contribution in [2.75, 3.05) is 9.80 Å². The highest BCUT2D eigenvalue weighted by molar-refractivity contribution is 7.00. The van der Waals surface area contributed by atoms with Crippen LogP contribution in [-0.2, 0) is 0 Å². The lowest BCUT2D eigenvalue weighted by molar-refractivity contribution is 0.255. The fourth-order valence-corrected chi connectivity index (χ4v) is 9.85. The molecular weight excluding hydrogens is 622 g/mol. The molecule has 240 valence electrons. The summed E-state index contributed by atoms with van der Waals surface area (Å²) >= 11 is 0. The van der Waals surface area contributed by atoms with Gasteiger partial charge in [-0.1, -0.05) is 130 Å². The molecule has 6 heteroatoms. The monoisotopic (exact) mass is 654 g/mol. The van der Waals surface area contributed by atoms with Gasteiger partial charge in [-0.25, -0.2) is 4.79 Å². The second-order valence-electron chi connectivity index (χ2n) is 14.6. The van der Waals surface area contributed by atoms with Gasteiger partial charge >= 0.3 is 6.03 Å². The molecule has 0 radical (unpaired) electrons. The Morgan fingerprint density at radius 3 is 1.53 bits per heavy atom. The molecule has 0 unspecified atom stereocenters. The topological polar surface area (TPSA) is 32.8 Å². The predicted molar refractivity (Wildman–Crippen MR) is 213 cm³/mol. The van der Waals surface area contributed by atoms with Gasteiger partial charge in [0.05, 0.1) is 11.4 Å². The Morgan fingerprint density at radius 2 is 0.961 bits per heavy atom. The summed E-state index contributed by atoms with van der Waals surface area (Å²) in [5.41, 5.74) is 18.1. The summed E-state index contributed by atoms with van der Waals surface area (Å²) in [4.78, 5) is 19.5. The zero-order chi connectivity index (χ0) is 34.3. The number of nitrogens with zero attached hydrogens (tertiary/aromatic N) is 2. The van der Waals surface area contributed by atoms with Gasteiger partial charge in [-0.2, -0.15) is 0 Å². The summed E-state index contributed by atoms with van der Waals surface area (Å²) in [5, 5.41) is 2.15. The first-order valence-electron chi connectivity index (χ1n) is 17.8. The Hall–Kier alpha value is -6.00. The molecule has 4 aliphatic heterocycles. The van der Waals surface area contributed by atoms with Crippen LogP contribution in [0.25, 0.3) is 21.9 Å². The van der Waals surface area contributed by atoms with E-state index in [-0.39, 0.29) is 19.5 Å². The van der Waals surface area contributed by atoms with Gasteiger partial charge in [-0.15, -0.1) is 0 Å². The van der Waals surface area contributed by atoms with Crippen LogP contribution in [0.2, 0.25) is 0 Å². The van der Waals surface area contributed by atoms with Gasteiger partial charge in [0.1, 0.15) is 11.5 Å². The third-order valence-electron chi connectivity index (χ3n) is 11.9. The molecule has 51 heavy (non-hydrogen) atoms. The van der Waals surface area contributed by atoms with E-state index < -0.39 is 0 Å². The molecule has 4 heterocycles. The second-order valence-corrected chi connectivity index (χ2v) is 14.6. The van der Waals surface area contributed by atoms with Crippen molar-refractivity contribution in [3.8, 4) is 22.6 Å². The van der Waals surface area contributed by atoms with Crippen molar-refractivity contribution in [1.29, 1.82) is 0 Å². The Bertz CT molecular complexity index is 2670. The molecule has 0 saturated heterocycles. The molecule has 4 nitrogen and oxygen atoms in total. The first-order valence-corrected chi connectivity index (χ1v) is 17.8. The van der Waals surface area contributed by atoms with E-state index in [4.69, 9.17) is 4.74 Å². The summed E-state index contributed by atoms with van der Waals surface area (Å²) in [6, 6.07) is 43.1. The number of amides is 2. The van der Waals surface area contributed by atoms with Crippen molar-refractivity contribution in [2.45, 2.75) is 27.7 Å². The summed E-state index contributed by atoms with van der Waals surface area (Å²) in [6.07, 6.45) is 0. The lowest BCUT2D eigenvalue weighted by Crippen LogP contribution is -2.65. The van der Waals surface area contributed by atoms with Gasteiger partial charge in [0, 0.05) is 27.7 Å². The number of carbonyl (C=O) groups is 1. The number of para-hydroxylation sites is 3. The van der Waals surface area contributed by atoms with Crippen LogP contribution in [0.5, 0.6) is 11.5 Å². The van der Waals surface area contributed by atoms with Crippen molar-refractivity contribution in [3.05, 3.63) is 144 Å². The fraction of sp³-hybridized carbons (Fsp3) is 0.0889. The summed E-state index contributed by atoms with van der Waals surface area (Å²) in [7, 11) is 0. The minimum atomic E-state index is -0.0842. The van der Waals surface area contributed by atoms with Gasteiger partial charge in [0.2, 0.25) is 13.4 Å². The van der Waals surface area contributed by atoms with Crippen molar-refractivity contribution in [2.24, 2.45) is 0 Å². The van der Waals surface area contributed by atoms with Gasteiger partial charge in [-0.3, -0.25) is 9.80 Å². The molecule has 0 aliphatic carbocycles. The molecule has 0 aromatic heterocycles. The molecule has 7 aromatic rings. The Morgan fingerprint density at radius 1 is 0.471 bits per heavy atom. The molecule has 0 N–H and O–H groups in total. The summed E-state index contributed by atoms with van der Waals surface area (Å²) in [6.45, 7) is 8.71. The minimum Gasteiger partial charge on any atom is -0.456 e. The largest absolute Gasteiger partial charge is 0.456 e. The number of anilines is 4. The van der Waals surface area contributed by atoms with Crippen LogP contribution in [0.1, 0.15) is 22.3 Å². The summed E-state index contributed by atoms with van der Waals surface area (Å²) in [5.74, 6) is 1.69. The van der Waals surface area contributed by atoms with E-state index in [0.717, 1.165) is 78.0 Å². The average molecular weight is 654 g/mol. The highest BCUT2D eigenvalue weighted by Crippen LogP contribution is 2.55. The number of hydrogen-bond acceptors (Lipinski definition) is 2. The first kappa shape index (κ1) is 28.8. The van der Waals surface area contributed by atoms with E-state index in [1.807, 2.05) is 9.80 Å². The van der Waals surface area contributed by atoms with E-state index in [1.165, 1.54) is 33.2 Å². The minimum absolute atomic E-state index is 0.0509. The Balaban J connectivity index is 1.37. The Labute approximate surface area is 298 Å². The predicted octanol–water partition coefficient (Wildman–Crippen LogP) is 6.92. The summed E-state index contributed by atoms with van der Waals surface area (Å²) < 4.78 is 6.91. The molecule has 0 spiro atoms. The van der Waals surface area contributed by atoms with Crippen LogP contribution < -0.4 is 47.3 Å². The zero-order valence-corrected chi connectivity index (χ0v) is 28.9. The van der Waals surface area contributed by atoms with E-state index in [1.54, 1.807) is 0 Å². The first-order chi connectivity index (χ1) is 24.9. The van der Waals surface area contributed by atoms with E-state index in [2.05, 4.69) is 149 Å². The van der Waals surface area contributed by atoms with Crippen LogP contribution >= 0.6 is 0 Å². The number of aryl methyl sites for hydroxylation is 4. The third kappa shape index (κ3) is 3.59. The molecule has 7 aromatic carbocycles. The van der Waals surface area contributed by atoms with Gasteiger partial charge in [0.15, 0.2) is 0 Å².